The maximum Gasteiger partial charge on any atom is 0.226 e. The van der Waals surface area contributed by atoms with E-state index in [0.717, 1.165) is 39.1 Å². The van der Waals surface area contributed by atoms with Crippen molar-refractivity contribution in [3.05, 3.63) is 33.2 Å². The third kappa shape index (κ3) is 4.46. The van der Waals surface area contributed by atoms with E-state index < -0.39 is 0 Å². The quantitative estimate of drug-likeness (QED) is 0.289. The molecule has 0 spiro atoms. The molecule has 2 heterocycles. The lowest BCUT2D eigenvalue weighted by molar-refractivity contribution is 0.352. The summed E-state index contributed by atoms with van der Waals surface area (Å²) < 4.78 is 3.43. The molecule has 7 N–H and O–H groups in total. The summed E-state index contributed by atoms with van der Waals surface area (Å²) in [6.45, 7) is 2.51. The van der Waals surface area contributed by atoms with E-state index in [-0.39, 0.29) is 6.04 Å². The second-order valence-corrected chi connectivity index (χ2v) is 9.42. The normalized spacial score (nSPS) is 16.1. The second kappa shape index (κ2) is 8.93. The predicted octanol–water partition coefficient (Wildman–Crippen LogP) is 3.45. The first-order valence-electron chi connectivity index (χ1n) is 10.5. The van der Waals surface area contributed by atoms with Gasteiger partial charge in [0, 0.05) is 34.3 Å². The van der Waals surface area contributed by atoms with Gasteiger partial charge in [-0.25, -0.2) is 4.98 Å². The molecule has 1 atom stereocenters. The van der Waals surface area contributed by atoms with Crippen molar-refractivity contribution < 1.29 is 0 Å². The molecular weight excluding hydrogens is 491 g/mol. The van der Waals surface area contributed by atoms with Gasteiger partial charge in [-0.05, 0) is 66.1 Å². The van der Waals surface area contributed by atoms with E-state index in [4.69, 9.17) is 27.2 Å². The van der Waals surface area contributed by atoms with Crippen molar-refractivity contribution in [2.24, 2.45) is 5.73 Å². The fourth-order valence-corrected chi connectivity index (χ4v) is 4.67. The van der Waals surface area contributed by atoms with Crippen molar-refractivity contribution in [1.29, 1.82) is 0 Å². The average molecular weight is 520 g/mol. The van der Waals surface area contributed by atoms with E-state index in [0.29, 0.717) is 36.3 Å². The van der Waals surface area contributed by atoms with E-state index >= 15 is 0 Å². The van der Waals surface area contributed by atoms with Gasteiger partial charge in [0.2, 0.25) is 5.95 Å². The zero-order valence-electron chi connectivity index (χ0n) is 17.2. The lowest BCUT2D eigenvalue weighted by Crippen LogP contribution is -2.26. The van der Waals surface area contributed by atoms with Crippen LogP contribution in [0.5, 0.6) is 0 Å². The fourth-order valence-electron chi connectivity index (χ4n) is 4.12. The number of nitrogens with one attached hydrogen (secondary N) is 1. The number of fused-ring (bicyclic) bond motifs is 1. The zero-order valence-corrected chi connectivity index (χ0v) is 19.4. The van der Waals surface area contributed by atoms with Crippen LogP contribution in [0.3, 0.4) is 0 Å². The summed E-state index contributed by atoms with van der Waals surface area (Å²) in [5.74, 6) is 1.82. The summed E-state index contributed by atoms with van der Waals surface area (Å²) in [5.41, 5.74) is 21.7. The van der Waals surface area contributed by atoms with Gasteiger partial charge in [-0.3, -0.25) is 0 Å². The van der Waals surface area contributed by atoms with Crippen molar-refractivity contribution in [1.82, 2.24) is 19.5 Å². The minimum absolute atomic E-state index is 0.00661. The monoisotopic (exact) mass is 520 g/mol. The first kappa shape index (κ1) is 21.1. The van der Waals surface area contributed by atoms with Gasteiger partial charge in [-0.15, -0.1) is 0 Å². The Hall–Kier alpha value is -2.14. The molecule has 1 aliphatic rings. The van der Waals surface area contributed by atoms with Gasteiger partial charge in [0.1, 0.15) is 5.82 Å². The highest BCUT2D eigenvalue weighted by molar-refractivity contribution is 14.1. The van der Waals surface area contributed by atoms with E-state index in [1.165, 1.54) is 19.3 Å². The van der Waals surface area contributed by atoms with E-state index in [2.05, 4.69) is 43.5 Å². The zero-order chi connectivity index (χ0) is 21.3. The van der Waals surface area contributed by atoms with Crippen LogP contribution < -0.4 is 22.5 Å². The summed E-state index contributed by atoms with van der Waals surface area (Å²) in [7, 11) is 0. The molecule has 160 valence electrons. The Morgan fingerprint density at radius 1 is 1.17 bits per heavy atom. The molecule has 1 saturated carbocycles. The smallest absolute Gasteiger partial charge is 0.226 e. The molecule has 1 aromatic carbocycles. The van der Waals surface area contributed by atoms with Crippen LogP contribution in [0, 0.1) is 3.57 Å². The highest BCUT2D eigenvalue weighted by Crippen LogP contribution is 2.34. The van der Waals surface area contributed by atoms with Gasteiger partial charge >= 0.3 is 0 Å². The SMILES string of the molecule is CC(N)CNc1nc(N)c2nc(Cc3cc(I)ccc3N)n(C3CCCCC3)c2n1. The van der Waals surface area contributed by atoms with Gasteiger partial charge in [-0.1, -0.05) is 19.3 Å². The molecule has 1 fully saturated rings. The Kier molecular flexibility index (Phi) is 6.28. The molecule has 4 rings (SSSR count). The molecule has 9 heteroatoms. The Balaban J connectivity index is 1.81. The van der Waals surface area contributed by atoms with Crippen LogP contribution in [-0.4, -0.2) is 32.1 Å². The summed E-state index contributed by atoms with van der Waals surface area (Å²) >= 11 is 2.31. The fraction of sp³-hybridized carbons (Fsp3) is 0.476. The molecule has 0 saturated heterocycles. The van der Waals surface area contributed by atoms with Crippen molar-refractivity contribution in [3.63, 3.8) is 0 Å². The number of nitrogen functional groups attached to an aromatic ring is 2. The highest BCUT2D eigenvalue weighted by Gasteiger charge is 2.25. The Morgan fingerprint density at radius 3 is 2.67 bits per heavy atom. The van der Waals surface area contributed by atoms with Crippen molar-refractivity contribution in [3.8, 4) is 0 Å². The van der Waals surface area contributed by atoms with E-state index in [1.807, 2.05) is 19.1 Å². The van der Waals surface area contributed by atoms with Crippen LogP contribution in [0.15, 0.2) is 18.2 Å². The number of imidazole rings is 1. The highest BCUT2D eigenvalue weighted by atomic mass is 127. The predicted molar refractivity (Wildman–Crippen MR) is 130 cm³/mol. The topological polar surface area (TPSA) is 134 Å². The van der Waals surface area contributed by atoms with Gasteiger partial charge < -0.3 is 27.1 Å². The first-order valence-corrected chi connectivity index (χ1v) is 11.6. The number of nitrogens with two attached hydrogens (primary N) is 3. The molecular formula is C21H29IN8. The molecule has 0 amide bonds. The molecule has 8 nitrogen and oxygen atoms in total. The maximum atomic E-state index is 6.30. The van der Waals surface area contributed by atoms with Crippen LogP contribution in [0.1, 0.15) is 56.5 Å². The van der Waals surface area contributed by atoms with Crippen LogP contribution in [0.25, 0.3) is 11.2 Å². The minimum Gasteiger partial charge on any atom is -0.398 e. The molecule has 30 heavy (non-hydrogen) atoms. The molecule has 3 aromatic rings. The number of hydrogen-bond donors (Lipinski definition) is 4. The van der Waals surface area contributed by atoms with E-state index in [9.17, 15) is 0 Å². The van der Waals surface area contributed by atoms with Gasteiger partial charge in [0.05, 0.1) is 0 Å². The summed E-state index contributed by atoms with van der Waals surface area (Å²) in [4.78, 5) is 14.1. The molecule has 0 radical (unpaired) electrons. The number of benzene rings is 1. The number of anilines is 3. The Bertz CT molecular complexity index is 1040. The third-order valence-electron chi connectivity index (χ3n) is 5.62. The summed E-state index contributed by atoms with van der Waals surface area (Å²) in [5, 5.41) is 3.19. The van der Waals surface area contributed by atoms with Gasteiger partial charge in [0.15, 0.2) is 17.0 Å². The average Bonchev–Trinajstić information content (AvgIpc) is 3.08. The lowest BCUT2D eigenvalue weighted by atomic mass is 9.95. The second-order valence-electron chi connectivity index (χ2n) is 8.17. The van der Waals surface area contributed by atoms with Crippen LogP contribution in [-0.2, 0) is 6.42 Å². The largest absolute Gasteiger partial charge is 0.398 e. The number of halogens is 1. The first-order chi connectivity index (χ1) is 14.4. The molecule has 1 unspecified atom stereocenters. The maximum absolute atomic E-state index is 6.30. The molecule has 0 aliphatic heterocycles. The number of rotatable bonds is 6. The lowest BCUT2D eigenvalue weighted by Gasteiger charge is -2.25. The van der Waals surface area contributed by atoms with Gasteiger partial charge in [0.25, 0.3) is 0 Å². The van der Waals surface area contributed by atoms with Crippen LogP contribution in [0.2, 0.25) is 0 Å². The molecule has 0 bridgehead atoms. The van der Waals surface area contributed by atoms with Crippen LogP contribution >= 0.6 is 22.6 Å². The number of nitrogens with zero attached hydrogens (tertiary/aromatic N) is 4. The van der Waals surface area contributed by atoms with Crippen LogP contribution in [0.4, 0.5) is 17.5 Å². The third-order valence-corrected chi connectivity index (χ3v) is 6.29. The number of hydrogen-bond acceptors (Lipinski definition) is 7. The van der Waals surface area contributed by atoms with Crippen molar-refractivity contribution in [2.45, 2.75) is 57.5 Å². The minimum atomic E-state index is -0.00661. The molecule has 1 aliphatic carbocycles. The van der Waals surface area contributed by atoms with Crippen molar-refractivity contribution >= 4 is 51.2 Å². The molecule has 2 aromatic heterocycles. The standard InChI is InChI=1S/C21H29IN8/c1-12(23)11-26-21-28-19(25)18-20(29-21)30(15-5-3-2-4-6-15)17(27-18)10-13-9-14(22)7-8-16(13)24/h7-9,12,15H,2-6,10-11,23-24H2,1H3,(H3,25,26,28,29). The Morgan fingerprint density at radius 2 is 1.93 bits per heavy atom. The number of aromatic nitrogens is 4. The Labute approximate surface area is 190 Å². The van der Waals surface area contributed by atoms with E-state index in [1.54, 1.807) is 0 Å². The summed E-state index contributed by atoms with van der Waals surface area (Å²) in [6.07, 6.45) is 6.58. The summed E-state index contributed by atoms with van der Waals surface area (Å²) in [6, 6.07) is 6.44. The van der Waals surface area contributed by atoms with Crippen molar-refractivity contribution in [2.75, 3.05) is 23.3 Å². The van der Waals surface area contributed by atoms with Gasteiger partial charge in [-0.2, -0.15) is 9.97 Å².